The van der Waals surface area contributed by atoms with Crippen LogP contribution in [0.2, 0.25) is 0 Å². The van der Waals surface area contributed by atoms with Gasteiger partial charge in [0.1, 0.15) is 5.75 Å². The monoisotopic (exact) mass is 262 g/mol. The number of benzene rings is 2. The van der Waals surface area contributed by atoms with Crippen LogP contribution in [0.1, 0.15) is 12.0 Å². The van der Waals surface area contributed by atoms with E-state index in [2.05, 4.69) is 4.74 Å². The summed E-state index contributed by atoms with van der Waals surface area (Å²) in [5.74, 6) is -0.429. The van der Waals surface area contributed by atoms with Gasteiger partial charge in [-0.15, -0.1) is 13.2 Å². The molecule has 2 aromatic carbocycles. The molecule has 0 atom stereocenters. The summed E-state index contributed by atoms with van der Waals surface area (Å²) >= 11 is 0. The number of ether oxygens (including phenoxy) is 1. The standard InChI is InChI=1S/C12H7F5O/c13-11(14)10-3-1-2-7-6-8(4-5-9(7)10)18-12(15,16)17/h1-6,11H. The maximum absolute atomic E-state index is 12.7. The highest BCUT2D eigenvalue weighted by molar-refractivity contribution is 5.87. The van der Waals surface area contributed by atoms with Crippen LogP contribution in [0, 0.1) is 0 Å². The average molecular weight is 262 g/mol. The second kappa shape index (κ2) is 4.44. The molecule has 0 aliphatic heterocycles. The fraction of sp³-hybridized carbons (Fsp3) is 0.167. The minimum atomic E-state index is -4.80. The zero-order valence-corrected chi connectivity index (χ0v) is 8.84. The Morgan fingerprint density at radius 3 is 2.33 bits per heavy atom. The van der Waals surface area contributed by atoms with E-state index in [0.29, 0.717) is 0 Å². The van der Waals surface area contributed by atoms with E-state index in [9.17, 15) is 22.0 Å². The zero-order chi connectivity index (χ0) is 13.3. The van der Waals surface area contributed by atoms with Crippen molar-refractivity contribution in [3.8, 4) is 5.75 Å². The Hall–Kier alpha value is -1.85. The predicted molar refractivity (Wildman–Crippen MR) is 55.6 cm³/mol. The Bertz CT molecular complexity index is 562. The van der Waals surface area contributed by atoms with Crippen LogP contribution in [0.4, 0.5) is 22.0 Å². The van der Waals surface area contributed by atoms with Crippen molar-refractivity contribution < 1.29 is 26.7 Å². The van der Waals surface area contributed by atoms with Crippen LogP contribution in [-0.4, -0.2) is 6.36 Å². The summed E-state index contributed by atoms with van der Waals surface area (Å²) in [6, 6.07) is 7.33. The van der Waals surface area contributed by atoms with E-state index in [0.717, 1.165) is 12.1 Å². The molecule has 0 bridgehead atoms. The Morgan fingerprint density at radius 2 is 1.72 bits per heavy atom. The van der Waals surface area contributed by atoms with Crippen molar-refractivity contribution in [2.75, 3.05) is 0 Å². The highest BCUT2D eigenvalue weighted by Gasteiger charge is 2.31. The molecule has 2 aromatic rings. The molecule has 0 saturated carbocycles. The molecule has 0 saturated heterocycles. The number of hydrogen-bond acceptors (Lipinski definition) is 1. The van der Waals surface area contributed by atoms with E-state index < -0.39 is 18.5 Å². The van der Waals surface area contributed by atoms with Crippen LogP contribution >= 0.6 is 0 Å². The van der Waals surface area contributed by atoms with Gasteiger partial charge in [0.2, 0.25) is 0 Å². The number of alkyl halides is 5. The maximum atomic E-state index is 12.7. The predicted octanol–water partition coefficient (Wildman–Crippen LogP) is 4.68. The molecule has 0 heterocycles. The summed E-state index contributed by atoms with van der Waals surface area (Å²) in [6.45, 7) is 0. The molecule has 0 aliphatic carbocycles. The fourth-order valence-electron chi connectivity index (χ4n) is 1.67. The molecule has 0 unspecified atom stereocenters. The van der Waals surface area contributed by atoms with E-state index in [-0.39, 0.29) is 16.3 Å². The normalized spacial score (nSPS) is 12.1. The summed E-state index contributed by atoms with van der Waals surface area (Å²) < 4.78 is 65.1. The molecule has 0 aliphatic rings. The van der Waals surface area contributed by atoms with Gasteiger partial charge >= 0.3 is 6.36 Å². The number of hydrogen-bond donors (Lipinski definition) is 0. The van der Waals surface area contributed by atoms with E-state index in [1.54, 1.807) is 0 Å². The molecule has 0 fully saturated rings. The Labute approximate surface area is 98.8 Å². The summed E-state index contributed by atoms with van der Waals surface area (Å²) in [4.78, 5) is 0. The molecular formula is C12H7F5O. The summed E-state index contributed by atoms with van der Waals surface area (Å²) in [7, 11) is 0. The first-order valence-electron chi connectivity index (χ1n) is 4.93. The fourth-order valence-corrected chi connectivity index (χ4v) is 1.67. The van der Waals surface area contributed by atoms with Gasteiger partial charge < -0.3 is 4.74 Å². The summed E-state index contributed by atoms with van der Waals surface area (Å²) in [6.07, 6.45) is -7.48. The van der Waals surface area contributed by atoms with Crippen molar-refractivity contribution in [1.29, 1.82) is 0 Å². The molecule has 96 valence electrons. The maximum Gasteiger partial charge on any atom is 0.573 e. The second-order valence-electron chi connectivity index (χ2n) is 3.58. The molecular weight excluding hydrogens is 255 g/mol. The van der Waals surface area contributed by atoms with Gasteiger partial charge in [-0.05, 0) is 22.9 Å². The zero-order valence-electron chi connectivity index (χ0n) is 8.84. The average Bonchev–Trinajstić information content (AvgIpc) is 2.25. The quantitative estimate of drug-likeness (QED) is 0.714. The Kier molecular flexibility index (Phi) is 3.11. The molecule has 0 aromatic heterocycles. The van der Waals surface area contributed by atoms with Gasteiger partial charge in [0.25, 0.3) is 6.43 Å². The SMILES string of the molecule is FC(F)c1cccc2cc(OC(F)(F)F)ccc12. The van der Waals surface area contributed by atoms with Gasteiger partial charge in [-0.1, -0.05) is 24.3 Å². The minimum absolute atomic E-state index is 0.210. The van der Waals surface area contributed by atoms with Crippen LogP contribution in [0.3, 0.4) is 0 Å². The smallest absolute Gasteiger partial charge is 0.406 e. The number of halogens is 5. The van der Waals surface area contributed by atoms with Crippen LogP contribution in [0.15, 0.2) is 36.4 Å². The third-order valence-corrected chi connectivity index (χ3v) is 2.35. The van der Waals surface area contributed by atoms with Gasteiger partial charge in [0, 0.05) is 5.56 Å². The van der Waals surface area contributed by atoms with Crippen molar-refractivity contribution in [1.82, 2.24) is 0 Å². The first kappa shape index (κ1) is 12.6. The van der Waals surface area contributed by atoms with Crippen molar-refractivity contribution in [3.63, 3.8) is 0 Å². The lowest BCUT2D eigenvalue weighted by Gasteiger charge is -2.10. The van der Waals surface area contributed by atoms with E-state index in [1.165, 1.54) is 24.3 Å². The van der Waals surface area contributed by atoms with Crippen molar-refractivity contribution in [3.05, 3.63) is 42.0 Å². The van der Waals surface area contributed by atoms with Crippen molar-refractivity contribution >= 4 is 10.8 Å². The summed E-state index contributed by atoms with van der Waals surface area (Å²) in [5.41, 5.74) is -0.217. The third-order valence-electron chi connectivity index (χ3n) is 2.35. The lowest BCUT2D eigenvalue weighted by atomic mass is 10.0. The van der Waals surface area contributed by atoms with Crippen LogP contribution in [0.5, 0.6) is 5.75 Å². The van der Waals surface area contributed by atoms with Gasteiger partial charge in [-0.25, -0.2) is 8.78 Å². The number of rotatable bonds is 2. The lowest BCUT2D eigenvalue weighted by Crippen LogP contribution is -2.17. The van der Waals surface area contributed by atoms with E-state index >= 15 is 0 Å². The molecule has 6 heteroatoms. The molecule has 1 nitrogen and oxygen atoms in total. The Morgan fingerprint density at radius 1 is 1.00 bits per heavy atom. The van der Waals surface area contributed by atoms with Crippen molar-refractivity contribution in [2.45, 2.75) is 12.8 Å². The largest absolute Gasteiger partial charge is 0.573 e. The van der Waals surface area contributed by atoms with Gasteiger partial charge in [0.15, 0.2) is 0 Å². The number of fused-ring (bicyclic) bond motifs is 1. The molecule has 2 rings (SSSR count). The minimum Gasteiger partial charge on any atom is -0.406 e. The van der Waals surface area contributed by atoms with E-state index in [4.69, 9.17) is 0 Å². The van der Waals surface area contributed by atoms with Crippen LogP contribution in [0.25, 0.3) is 10.8 Å². The second-order valence-corrected chi connectivity index (χ2v) is 3.58. The molecule has 0 spiro atoms. The highest BCUT2D eigenvalue weighted by Crippen LogP contribution is 2.31. The molecule has 0 amide bonds. The summed E-state index contributed by atoms with van der Waals surface area (Å²) in [5, 5.41) is 0.483. The molecule has 18 heavy (non-hydrogen) atoms. The molecule has 0 N–H and O–H groups in total. The van der Waals surface area contributed by atoms with Crippen LogP contribution in [-0.2, 0) is 0 Å². The van der Waals surface area contributed by atoms with Gasteiger partial charge in [-0.2, -0.15) is 0 Å². The van der Waals surface area contributed by atoms with Crippen LogP contribution < -0.4 is 4.74 Å². The Balaban J connectivity index is 2.47. The van der Waals surface area contributed by atoms with Gasteiger partial charge in [0.05, 0.1) is 0 Å². The third kappa shape index (κ3) is 2.69. The van der Waals surface area contributed by atoms with E-state index in [1.807, 2.05) is 0 Å². The highest BCUT2D eigenvalue weighted by atomic mass is 19.4. The van der Waals surface area contributed by atoms with Gasteiger partial charge in [-0.3, -0.25) is 0 Å². The first-order chi connectivity index (χ1) is 8.37. The topological polar surface area (TPSA) is 9.23 Å². The lowest BCUT2D eigenvalue weighted by molar-refractivity contribution is -0.274. The van der Waals surface area contributed by atoms with Crippen molar-refractivity contribution in [2.24, 2.45) is 0 Å². The molecule has 0 radical (unpaired) electrons. The first-order valence-corrected chi connectivity index (χ1v) is 4.93.